The summed E-state index contributed by atoms with van der Waals surface area (Å²) in [4.78, 5) is 12.8. The Kier molecular flexibility index (Phi) is 23.0. The molecule has 0 saturated heterocycles. The van der Waals surface area contributed by atoms with Crippen LogP contribution in [0.1, 0.15) is 58.3 Å². The summed E-state index contributed by atoms with van der Waals surface area (Å²) in [5.74, 6) is -0.0492. The van der Waals surface area contributed by atoms with E-state index < -0.39 is 0 Å². The van der Waals surface area contributed by atoms with E-state index in [1.807, 2.05) is 0 Å². The van der Waals surface area contributed by atoms with Gasteiger partial charge in [0.2, 0.25) is 5.91 Å². The molecule has 0 rings (SSSR count). The Labute approximate surface area is 178 Å². The van der Waals surface area contributed by atoms with Gasteiger partial charge >= 0.3 is 0 Å². The number of hydrogen-bond donors (Lipinski definition) is 0. The van der Waals surface area contributed by atoms with E-state index in [0.717, 1.165) is 13.0 Å². The normalized spacial score (nSPS) is 11.1. The minimum atomic E-state index is -0.0492. The van der Waals surface area contributed by atoms with Crippen molar-refractivity contribution < 1.29 is 28.5 Å². The lowest BCUT2D eigenvalue weighted by atomic mass is 10.1. The van der Waals surface area contributed by atoms with Crippen molar-refractivity contribution >= 4 is 5.91 Å². The largest absolute Gasteiger partial charge is 0.379 e. The van der Waals surface area contributed by atoms with Gasteiger partial charge in [-0.3, -0.25) is 4.79 Å². The third kappa shape index (κ3) is 23.4. The molecular formula is C22H45NO6. The first-order chi connectivity index (χ1) is 14.2. The summed E-state index contributed by atoms with van der Waals surface area (Å²) < 4.78 is 27.0. The van der Waals surface area contributed by atoms with Gasteiger partial charge < -0.3 is 28.6 Å². The number of amides is 1. The third-order valence-corrected chi connectivity index (χ3v) is 4.35. The number of ether oxygens (including phenoxy) is 5. The van der Waals surface area contributed by atoms with Gasteiger partial charge in [-0.05, 0) is 6.42 Å². The van der Waals surface area contributed by atoms with Gasteiger partial charge in [-0.25, -0.2) is 0 Å². The van der Waals surface area contributed by atoms with E-state index in [1.54, 1.807) is 14.1 Å². The van der Waals surface area contributed by atoms with Crippen LogP contribution in [0.5, 0.6) is 0 Å². The van der Waals surface area contributed by atoms with Gasteiger partial charge in [-0.2, -0.15) is 0 Å². The van der Waals surface area contributed by atoms with Crippen LogP contribution in [0.15, 0.2) is 0 Å². The molecule has 7 nitrogen and oxygen atoms in total. The molecule has 0 spiro atoms. The van der Waals surface area contributed by atoms with Gasteiger partial charge in [-0.15, -0.1) is 0 Å². The zero-order valence-corrected chi connectivity index (χ0v) is 19.1. The summed E-state index contributed by atoms with van der Waals surface area (Å²) in [6, 6.07) is 0. The van der Waals surface area contributed by atoms with E-state index in [0.29, 0.717) is 52.9 Å². The van der Waals surface area contributed by atoms with Crippen molar-refractivity contribution in [3.05, 3.63) is 0 Å². The zero-order valence-electron chi connectivity index (χ0n) is 19.1. The van der Waals surface area contributed by atoms with Crippen molar-refractivity contribution in [1.82, 2.24) is 4.90 Å². The quantitative estimate of drug-likeness (QED) is 0.237. The van der Waals surface area contributed by atoms with Gasteiger partial charge in [0.05, 0.1) is 52.9 Å². The van der Waals surface area contributed by atoms with Gasteiger partial charge in [0.25, 0.3) is 0 Å². The molecule has 0 saturated carbocycles. The standard InChI is InChI=1S/C22H45NO6/c1-4-5-6-7-8-9-10-11-12-25-13-14-26-15-16-27-17-18-28-19-20-29-21-22(24)23(2)3/h4-21H2,1-3H3. The lowest BCUT2D eigenvalue weighted by Crippen LogP contribution is -2.27. The Morgan fingerprint density at radius 3 is 1.38 bits per heavy atom. The molecule has 0 aromatic heterocycles. The Morgan fingerprint density at radius 1 is 0.552 bits per heavy atom. The van der Waals surface area contributed by atoms with Gasteiger partial charge in [0.1, 0.15) is 6.61 Å². The van der Waals surface area contributed by atoms with Crippen LogP contribution in [0, 0.1) is 0 Å². The third-order valence-electron chi connectivity index (χ3n) is 4.35. The highest BCUT2D eigenvalue weighted by molar-refractivity contribution is 5.76. The minimum absolute atomic E-state index is 0.0492. The Morgan fingerprint density at radius 2 is 0.931 bits per heavy atom. The number of nitrogens with zero attached hydrogens (tertiary/aromatic N) is 1. The molecule has 0 radical (unpaired) electrons. The van der Waals surface area contributed by atoms with Crippen molar-refractivity contribution in [2.24, 2.45) is 0 Å². The predicted octanol–water partition coefficient (Wildman–Crippen LogP) is 3.30. The van der Waals surface area contributed by atoms with E-state index in [9.17, 15) is 4.79 Å². The van der Waals surface area contributed by atoms with Gasteiger partial charge in [-0.1, -0.05) is 51.9 Å². The first-order valence-electron chi connectivity index (χ1n) is 11.3. The average Bonchev–Trinajstić information content (AvgIpc) is 2.71. The maximum absolute atomic E-state index is 11.3. The fourth-order valence-electron chi connectivity index (χ4n) is 2.51. The highest BCUT2D eigenvalue weighted by atomic mass is 16.6. The number of carbonyl (C=O) groups excluding carboxylic acids is 1. The van der Waals surface area contributed by atoms with E-state index in [4.69, 9.17) is 23.7 Å². The predicted molar refractivity (Wildman–Crippen MR) is 115 cm³/mol. The van der Waals surface area contributed by atoms with Crippen LogP contribution in [-0.4, -0.2) is 91.0 Å². The Bertz CT molecular complexity index is 341. The van der Waals surface area contributed by atoms with Crippen molar-refractivity contribution in [2.75, 3.05) is 80.2 Å². The molecule has 29 heavy (non-hydrogen) atoms. The lowest BCUT2D eigenvalue weighted by Gasteiger charge is -2.10. The molecule has 0 aromatic rings. The summed E-state index contributed by atoms with van der Waals surface area (Å²) in [5, 5.41) is 0. The maximum Gasteiger partial charge on any atom is 0.248 e. The molecule has 0 aliphatic heterocycles. The summed E-state index contributed by atoms with van der Waals surface area (Å²) in [5.41, 5.74) is 0. The first kappa shape index (κ1) is 28.3. The molecule has 0 heterocycles. The highest BCUT2D eigenvalue weighted by Gasteiger charge is 2.02. The zero-order chi connectivity index (χ0) is 21.4. The molecular weight excluding hydrogens is 374 g/mol. The van der Waals surface area contributed by atoms with Crippen LogP contribution in [0.4, 0.5) is 0 Å². The van der Waals surface area contributed by atoms with Gasteiger partial charge in [0.15, 0.2) is 0 Å². The fourth-order valence-corrected chi connectivity index (χ4v) is 2.51. The lowest BCUT2D eigenvalue weighted by molar-refractivity contribution is -0.134. The molecule has 0 atom stereocenters. The highest BCUT2D eigenvalue weighted by Crippen LogP contribution is 2.08. The van der Waals surface area contributed by atoms with Crippen molar-refractivity contribution in [1.29, 1.82) is 0 Å². The Hall–Kier alpha value is -0.730. The first-order valence-corrected chi connectivity index (χ1v) is 11.3. The molecule has 1 amide bonds. The second-order valence-electron chi connectivity index (χ2n) is 7.27. The Balaban J connectivity index is 3.04. The van der Waals surface area contributed by atoms with E-state index >= 15 is 0 Å². The van der Waals surface area contributed by atoms with Crippen LogP contribution in [0.3, 0.4) is 0 Å². The minimum Gasteiger partial charge on any atom is -0.379 e. The number of unbranched alkanes of at least 4 members (excludes halogenated alkanes) is 7. The molecule has 0 aliphatic rings. The van der Waals surface area contributed by atoms with Crippen LogP contribution in [0.2, 0.25) is 0 Å². The van der Waals surface area contributed by atoms with Crippen LogP contribution < -0.4 is 0 Å². The fraction of sp³-hybridized carbons (Fsp3) is 0.955. The second-order valence-corrected chi connectivity index (χ2v) is 7.27. The van der Waals surface area contributed by atoms with Crippen molar-refractivity contribution in [2.45, 2.75) is 58.3 Å². The monoisotopic (exact) mass is 419 g/mol. The summed E-state index contributed by atoms with van der Waals surface area (Å²) in [7, 11) is 3.41. The number of rotatable bonds is 23. The topological polar surface area (TPSA) is 66.5 Å². The summed E-state index contributed by atoms with van der Waals surface area (Å²) >= 11 is 0. The molecule has 7 heteroatoms. The number of hydrogen-bond acceptors (Lipinski definition) is 6. The molecule has 0 fully saturated rings. The van der Waals surface area contributed by atoms with Crippen LogP contribution >= 0.6 is 0 Å². The van der Waals surface area contributed by atoms with E-state index in [2.05, 4.69) is 6.92 Å². The summed E-state index contributed by atoms with van der Waals surface area (Å²) in [6.07, 6.45) is 10.6. The SMILES string of the molecule is CCCCCCCCCCOCCOCCOCCOCCOCC(=O)N(C)C. The molecule has 0 aliphatic carbocycles. The second kappa shape index (κ2) is 23.5. The molecule has 0 aromatic carbocycles. The van der Waals surface area contributed by atoms with E-state index in [-0.39, 0.29) is 12.5 Å². The molecule has 0 N–H and O–H groups in total. The van der Waals surface area contributed by atoms with Crippen LogP contribution in [0.25, 0.3) is 0 Å². The molecule has 174 valence electrons. The maximum atomic E-state index is 11.3. The van der Waals surface area contributed by atoms with Crippen molar-refractivity contribution in [3.63, 3.8) is 0 Å². The number of likely N-dealkylation sites (N-methyl/N-ethyl adjacent to an activating group) is 1. The van der Waals surface area contributed by atoms with E-state index in [1.165, 1.54) is 49.8 Å². The van der Waals surface area contributed by atoms with Crippen molar-refractivity contribution in [3.8, 4) is 0 Å². The van der Waals surface area contributed by atoms with Gasteiger partial charge in [0, 0.05) is 20.7 Å². The van der Waals surface area contributed by atoms with Crippen LogP contribution in [-0.2, 0) is 28.5 Å². The summed E-state index contributed by atoms with van der Waals surface area (Å²) in [6.45, 7) is 7.44. The average molecular weight is 420 g/mol. The molecule has 0 bridgehead atoms. The smallest absolute Gasteiger partial charge is 0.248 e. The molecule has 0 unspecified atom stereocenters. The number of carbonyl (C=O) groups is 1.